The first-order valence-corrected chi connectivity index (χ1v) is 8.41. The summed E-state index contributed by atoms with van der Waals surface area (Å²) in [6, 6.07) is 0.736. The largest absolute Gasteiger partial charge is 0.493 e. The fourth-order valence-electron chi connectivity index (χ4n) is 2.71. The van der Waals surface area contributed by atoms with Gasteiger partial charge in [-0.15, -0.1) is 0 Å². The van der Waals surface area contributed by atoms with E-state index in [1.807, 2.05) is 29.7 Å². The molecule has 0 saturated carbocycles. The van der Waals surface area contributed by atoms with Crippen molar-refractivity contribution in [3.8, 4) is 5.75 Å². The van der Waals surface area contributed by atoms with Gasteiger partial charge in [-0.25, -0.2) is 0 Å². The van der Waals surface area contributed by atoms with Crippen molar-refractivity contribution in [3.05, 3.63) is 11.9 Å². The molecular formula is C14H26N4OS. The lowest BCUT2D eigenvalue weighted by Crippen LogP contribution is -2.48. The summed E-state index contributed by atoms with van der Waals surface area (Å²) in [5.74, 6) is 3.24. The fraction of sp³-hybridized carbons (Fsp3) is 0.786. The average molecular weight is 298 g/mol. The molecule has 0 bridgehead atoms. The Labute approximate surface area is 126 Å². The summed E-state index contributed by atoms with van der Waals surface area (Å²) in [4.78, 5) is 2.45. The van der Waals surface area contributed by atoms with Gasteiger partial charge in [0.05, 0.1) is 25.0 Å². The van der Waals surface area contributed by atoms with Crippen LogP contribution < -0.4 is 10.1 Å². The molecule has 0 spiro atoms. The van der Waals surface area contributed by atoms with Crippen molar-refractivity contribution in [2.75, 3.05) is 38.8 Å². The maximum atomic E-state index is 5.50. The molecule has 0 aliphatic carbocycles. The third-order valence-corrected chi connectivity index (χ3v) is 4.95. The molecule has 1 aromatic rings. The van der Waals surface area contributed by atoms with Crippen LogP contribution in [0.15, 0.2) is 6.20 Å². The van der Waals surface area contributed by atoms with Crippen LogP contribution in [0.3, 0.4) is 0 Å². The third kappa shape index (κ3) is 3.30. The molecule has 1 aliphatic rings. The number of likely N-dealkylation sites (N-methyl/N-ethyl adjacent to an activating group) is 1. The van der Waals surface area contributed by atoms with E-state index < -0.39 is 0 Å². The molecule has 1 fully saturated rings. The predicted molar refractivity (Wildman–Crippen MR) is 84.5 cm³/mol. The Hall–Kier alpha value is -0.720. The highest BCUT2D eigenvalue weighted by atomic mass is 32.2. The van der Waals surface area contributed by atoms with Crippen LogP contribution in [0, 0.1) is 0 Å². The molecule has 0 radical (unpaired) electrons. The Balaban J connectivity index is 2.28. The summed E-state index contributed by atoms with van der Waals surface area (Å²) >= 11 is 2.03. The van der Waals surface area contributed by atoms with E-state index >= 15 is 0 Å². The molecule has 0 aromatic carbocycles. The lowest BCUT2D eigenvalue weighted by molar-refractivity contribution is 0.207. The van der Waals surface area contributed by atoms with Crippen LogP contribution in [0.4, 0.5) is 0 Å². The zero-order valence-corrected chi connectivity index (χ0v) is 13.7. The van der Waals surface area contributed by atoms with Gasteiger partial charge in [-0.2, -0.15) is 16.9 Å². The van der Waals surface area contributed by atoms with Crippen molar-refractivity contribution < 1.29 is 4.74 Å². The minimum Gasteiger partial charge on any atom is -0.493 e. The van der Waals surface area contributed by atoms with Gasteiger partial charge in [0.1, 0.15) is 0 Å². The van der Waals surface area contributed by atoms with Gasteiger partial charge in [0.25, 0.3) is 0 Å². The monoisotopic (exact) mass is 298 g/mol. The van der Waals surface area contributed by atoms with Crippen LogP contribution in [0.2, 0.25) is 0 Å². The number of hydrogen-bond acceptors (Lipinski definition) is 5. The number of rotatable bonds is 6. The smallest absolute Gasteiger partial charge is 0.161 e. The van der Waals surface area contributed by atoms with E-state index in [0.29, 0.717) is 6.04 Å². The molecule has 1 aromatic heterocycles. The predicted octanol–water partition coefficient (Wildman–Crippen LogP) is 1.52. The third-order valence-electron chi connectivity index (χ3n) is 3.91. The van der Waals surface area contributed by atoms with Gasteiger partial charge in [0.2, 0.25) is 0 Å². The van der Waals surface area contributed by atoms with E-state index in [1.54, 1.807) is 7.11 Å². The highest BCUT2D eigenvalue weighted by Crippen LogP contribution is 2.31. The van der Waals surface area contributed by atoms with Crippen LogP contribution >= 0.6 is 11.8 Å². The Morgan fingerprint density at radius 1 is 1.55 bits per heavy atom. The van der Waals surface area contributed by atoms with Crippen molar-refractivity contribution >= 4 is 11.8 Å². The van der Waals surface area contributed by atoms with Crippen molar-refractivity contribution in [2.24, 2.45) is 7.05 Å². The normalized spacial score (nSPS) is 21.9. The summed E-state index contributed by atoms with van der Waals surface area (Å²) in [5.41, 5.74) is 1.15. The number of aromatic nitrogens is 2. The Kier molecular flexibility index (Phi) is 5.74. The van der Waals surface area contributed by atoms with Crippen LogP contribution in [0.1, 0.15) is 25.1 Å². The van der Waals surface area contributed by atoms with E-state index in [4.69, 9.17) is 4.74 Å². The van der Waals surface area contributed by atoms with E-state index in [9.17, 15) is 0 Å². The number of nitrogens with one attached hydrogen (secondary N) is 1. The van der Waals surface area contributed by atoms with E-state index in [0.717, 1.165) is 36.7 Å². The highest BCUT2D eigenvalue weighted by Gasteiger charge is 2.32. The first-order chi connectivity index (χ1) is 9.69. The lowest BCUT2D eigenvalue weighted by Gasteiger charge is -2.38. The quantitative estimate of drug-likeness (QED) is 0.862. The fourth-order valence-corrected chi connectivity index (χ4v) is 3.98. The molecule has 2 heterocycles. The molecule has 1 saturated heterocycles. The molecule has 1 N–H and O–H groups in total. The summed E-state index contributed by atoms with van der Waals surface area (Å²) in [6.07, 6.45) is 2.94. The van der Waals surface area contributed by atoms with E-state index in [2.05, 4.69) is 29.3 Å². The van der Waals surface area contributed by atoms with Gasteiger partial charge >= 0.3 is 0 Å². The van der Waals surface area contributed by atoms with E-state index in [1.165, 1.54) is 5.75 Å². The zero-order chi connectivity index (χ0) is 14.5. The van der Waals surface area contributed by atoms with Crippen molar-refractivity contribution in [3.63, 3.8) is 0 Å². The molecule has 6 heteroatoms. The van der Waals surface area contributed by atoms with Gasteiger partial charge < -0.3 is 10.1 Å². The van der Waals surface area contributed by atoms with Gasteiger partial charge in [0.15, 0.2) is 5.75 Å². The van der Waals surface area contributed by atoms with Crippen molar-refractivity contribution in [2.45, 2.75) is 25.4 Å². The average Bonchev–Trinajstić information content (AvgIpc) is 2.82. The number of nitrogens with zero attached hydrogens (tertiary/aromatic N) is 3. The van der Waals surface area contributed by atoms with Crippen LogP contribution in [0.25, 0.3) is 0 Å². The minimum absolute atomic E-state index is 0.259. The standard InChI is InChI=1S/C14H26N4OS/c1-5-6-15-13(11-10-20-8-7-17(11)2)14-12(19-4)9-16-18(14)3/h9,11,13,15H,5-8,10H2,1-4H3. The van der Waals surface area contributed by atoms with Gasteiger partial charge in [0, 0.05) is 31.1 Å². The van der Waals surface area contributed by atoms with E-state index in [-0.39, 0.29) is 6.04 Å². The van der Waals surface area contributed by atoms with Crippen LogP contribution in [-0.4, -0.2) is 59.5 Å². The minimum atomic E-state index is 0.259. The Bertz CT molecular complexity index is 423. The van der Waals surface area contributed by atoms with Gasteiger partial charge in [-0.1, -0.05) is 6.92 Å². The zero-order valence-electron chi connectivity index (χ0n) is 12.9. The number of hydrogen-bond donors (Lipinski definition) is 1. The van der Waals surface area contributed by atoms with Gasteiger partial charge in [-0.05, 0) is 20.0 Å². The number of methoxy groups -OCH3 is 1. The number of ether oxygens (including phenoxy) is 1. The second-order valence-electron chi connectivity index (χ2n) is 5.28. The molecule has 0 amide bonds. The second-order valence-corrected chi connectivity index (χ2v) is 6.43. The molecule has 1 aliphatic heterocycles. The molecule has 5 nitrogen and oxygen atoms in total. The van der Waals surface area contributed by atoms with Crippen molar-refractivity contribution in [1.82, 2.24) is 20.0 Å². The molecule has 2 atom stereocenters. The van der Waals surface area contributed by atoms with Crippen molar-refractivity contribution in [1.29, 1.82) is 0 Å². The lowest BCUT2D eigenvalue weighted by atomic mass is 10.0. The first kappa shape index (κ1) is 15.7. The second kappa shape index (κ2) is 7.33. The number of thioether (sulfide) groups is 1. The maximum absolute atomic E-state index is 5.50. The molecule has 2 unspecified atom stereocenters. The van der Waals surface area contributed by atoms with Crippen LogP contribution in [-0.2, 0) is 7.05 Å². The molecule has 114 valence electrons. The SMILES string of the molecule is CCCNC(c1c(OC)cnn1C)C1CSCCN1C. The first-order valence-electron chi connectivity index (χ1n) is 7.26. The summed E-state index contributed by atoms with van der Waals surface area (Å²) in [6.45, 7) is 4.34. The number of aryl methyl sites for hydroxylation is 1. The summed E-state index contributed by atoms with van der Waals surface area (Å²) < 4.78 is 7.45. The Morgan fingerprint density at radius 2 is 2.35 bits per heavy atom. The van der Waals surface area contributed by atoms with Crippen LogP contribution in [0.5, 0.6) is 5.75 Å². The Morgan fingerprint density at radius 3 is 3.00 bits per heavy atom. The molecule has 2 rings (SSSR count). The topological polar surface area (TPSA) is 42.3 Å². The summed E-state index contributed by atoms with van der Waals surface area (Å²) in [7, 11) is 5.93. The maximum Gasteiger partial charge on any atom is 0.161 e. The summed E-state index contributed by atoms with van der Waals surface area (Å²) in [5, 5.41) is 8.05. The molecular weight excluding hydrogens is 272 g/mol. The van der Waals surface area contributed by atoms with Gasteiger partial charge in [-0.3, -0.25) is 9.58 Å². The molecule has 20 heavy (non-hydrogen) atoms. The highest BCUT2D eigenvalue weighted by molar-refractivity contribution is 7.99.